The van der Waals surface area contributed by atoms with E-state index in [1.807, 2.05) is 0 Å². The number of aliphatic hydroxyl groups excluding tert-OH is 1. The lowest BCUT2D eigenvalue weighted by Crippen LogP contribution is -2.30. The Labute approximate surface area is 90.7 Å². The van der Waals surface area contributed by atoms with Gasteiger partial charge in [-0.3, -0.25) is 4.79 Å². The van der Waals surface area contributed by atoms with E-state index in [2.05, 4.69) is 5.32 Å². The first-order valence-electron chi connectivity index (χ1n) is 5.73. The lowest BCUT2D eigenvalue weighted by atomic mass is 9.96. The monoisotopic (exact) mass is 215 g/mol. The Morgan fingerprint density at radius 1 is 1.53 bits per heavy atom. The normalized spacial score (nSPS) is 27.9. The minimum Gasteiger partial charge on any atom is -0.481 e. The summed E-state index contributed by atoms with van der Waals surface area (Å²) < 4.78 is 0. The number of carboxylic acids is 1. The van der Waals surface area contributed by atoms with E-state index in [0.717, 1.165) is 38.8 Å². The number of aliphatic carboxylic acids is 1. The standard InChI is InChI=1S/C11H21NO3/c1-8(13)5-6-12-7-9-3-2-4-10(9)11(14)15/h8-10,12-13H,2-7H2,1H3,(H,14,15). The van der Waals surface area contributed by atoms with Gasteiger partial charge in [0, 0.05) is 0 Å². The molecule has 0 heterocycles. The summed E-state index contributed by atoms with van der Waals surface area (Å²) in [6.45, 7) is 3.29. The molecule has 0 spiro atoms. The summed E-state index contributed by atoms with van der Waals surface area (Å²) in [5, 5.41) is 21.2. The Hall–Kier alpha value is -0.610. The van der Waals surface area contributed by atoms with Crippen LogP contribution >= 0.6 is 0 Å². The molecule has 4 nitrogen and oxygen atoms in total. The van der Waals surface area contributed by atoms with Crippen LogP contribution in [0.1, 0.15) is 32.6 Å². The van der Waals surface area contributed by atoms with Crippen LogP contribution in [0.15, 0.2) is 0 Å². The first-order valence-corrected chi connectivity index (χ1v) is 5.73. The van der Waals surface area contributed by atoms with Crippen LogP contribution < -0.4 is 5.32 Å². The fourth-order valence-corrected chi connectivity index (χ4v) is 2.20. The molecular weight excluding hydrogens is 194 g/mol. The van der Waals surface area contributed by atoms with E-state index in [1.54, 1.807) is 6.92 Å². The third-order valence-corrected chi connectivity index (χ3v) is 3.12. The minimum absolute atomic E-state index is 0.163. The van der Waals surface area contributed by atoms with E-state index < -0.39 is 5.97 Å². The summed E-state index contributed by atoms with van der Waals surface area (Å²) in [7, 11) is 0. The highest BCUT2D eigenvalue weighted by Gasteiger charge is 2.32. The topological polar surface area (TPSA) is 69.6 Å². The van der Waals surface area contributed by atoms with Crippen molar-refractivity contribution >= 4 is 5.97 Å². The van der Waals surface area contributed by atoms with Crippen LogP contribution in [0, 0.1) is 11.8 Å². The highest BCUT2D eigenvalue weighted by atomic mass is 16.4. The molecule has 0 saturated heterocycles. The molecule has 0 radical (unpaired) electrons. The quantitative estimate of drug-likeness (QED) is 0.574. The Bertz CT molecular complexity index is 206. The van der Waals surface area contributed by atoms with Crippen LogP contribution in [-0.2, 0) is 4.79 Å². The Kier molecular flexibility index (Phi) is 5.05. The second-order valence-electron chi connectivity index (χ2n) is 4.48. The summed E-state index contributed by atoms with van der Waals surface area (Å²) >= 11 is 0. The lowest BCUT2D eigenvalue weighted by Gasteiger charge is -2.16. The summed E-state index contributed by atoms with van der Waals surface area (Å²) in [5.74, 6) is -0.546. The Balaban J connectivity index is 2.17. The van der Waals surface area contributed by atoms with E-state index in [1.165, 1.54) is 0 Å². The van der Waals surface area contributed by atoms with Crippen LogP contribution in [0.25, 0.3) is 0 Å². The maximum absolute atomic E-state index is 10.9. The number of hydrogen-bond acceptors (Lipinski definition) is 3. The predicted molar refractivity (Wildman–Crippen MR) is 57.6 cm³/mol. The predicted octanol–water partition coefficient (Wildman–Crippen LogP) is 0.848. The van der Waals surface area contributed by atoms with Crippen molar-refractivity contribution in [1.29, 1.82) is 0 Å². The van der Waals surface area contributed by atoms with Gasteiger partial charge in [-0.25, -0.2) is 0 Å². The number of rotatable bonds is 6. The number of nitrogens with one attached hydrogen (secondary N) is 1. The van der Waals surface area contributed by atoms with Crippen molar-refractivity contribution in [3.8, 4) is 0 Å². The van der Waals surface area contributed by atoms with Gasteiger partial charge in [-0.05, 0) is 45.2 Å². The fraction of sp³-hybridized carbons (Fsp3) is 0.909. The van der Waals surface area contributed by atoms with Crippen LogP contribution in [0.3, 0.4) is 0 Å². The zero-order chi connectivity index (χ0) is 11.3. The molecule has 1 rings (SSSR count). The first-order chi connectivity index (χ1) is 7.11. The molecule has 0 aliphatic heterocycles. The van der Waals surface area contributed by atoms with Crippen LogP contribution in [0.5, 0.6) is 0 Å². The van der Waals surface area contributed by atoms with Gasteiger partial charge in [-0.15, -0.1) is 0 Å². The maximum atomic E-state index is 10.9. The highest BCUT2D eigenvalue weighted by Crippen LogP contribution is 2.31. The van der Waals surface area contributed by atoms with Crippen molar-refractivity contribution in [2.75, 3.05) is 13.1 Å². The zero-order valence-corrected chi connectivity index (χ0v) is 9.28. The maximum Gasteiger partial charge on any atom is 0.306 e. The van der Waals surface area contributed by atoms with Gasteiger partial charge in [0.15, 0.2) is 0 Å². The fourth-order valence-electron chi connectivity index (χ4n) is 2.20. The van der Waals surface area contributed by atoms with Crippen molar-refractivity contribution in [2.24, 2.45) is 11.8 Å². The van der Waals surface area contributed by atoms with Gasteiger partial charge in [0.2, 0.25) is 0 Å². The van der Waals surface area contributed by atoms with E-state index >= 15 is 0 Å². The third-order valence-electron chi connectivity index (χ3n) is 3.12. The minimum atomic E-state index is -0.658. The average molecular weight is 215 g/mol. The second-order valence-corrected chi connectivity index (χ2v) is 4.48. The Morgan fingerprint density at radius 2 is 2.27 bits per heavy atom. The van der Waals surface area contributed by atoms with Gasteiger partial charge in [0.1, 0.15) is 0 Å². The number of aliphatic hydroxyl groups is 1. The van der Waals surface area contributed by atoms with E-state index in [0.29, 0.717) is 0 Å². The summed E-state index contributed by atoms with van der Waals surface area (Å²) in [4.78, 5) is 10.9. The zero-order valence-electron chi connectivity index (χ0n) is 9.28. The SMILES string of the molecule is CC(O)CCNCC1CCCC1C(=O)O. The van der Waals surface area contributed by atoms with Crippen LogP contribution in [-0.4, -0.2) is 35.4 Å². The molecule has 1 fully saturated rings. The summed E-state index contributed by atoms with van der Waals surface area (Å²) in [5.41, 5.74) is 0. The van der Waals surface area contributed by atoms with Gasteiger partial charge in [0.05, 0.1) is 12.0 Å². The molecule has 15 heavy (non-hydrogen) atoms. The largest absolute Gasteiger partial charge is 0.481 e. The number of carbonyl (C=O) groups is 1. The summed E-state index contributed by atoms with van der Waals surface area (Å²) in [6, 6.07) is 0. The number of carboxylic acid groups (broad SMARTS) is 1. The van der Waals surface area contributed by atoms with Gasteiger partial charge in [-0.2, -0.15) is 0 Å². The van der Waals surface area contributed by atoms with E-state index in [-0.39, 0.29) is 17.9 Å². The molecule has 0 bridgehead atoms. The average Bonchev–Trinajstić information content (AvgIpc) is 2.60. The molecule has 0 amide bonds. The molecule has 0 aromatic heterocycles. The highest BCUT2D eigenvalue weighted by molar-refractivity contribution is 5.70. The molecular formula is C11H21NO3. The third kappa shape index (κ3) is 4.18. The molecule has 3 unspecified atom stereocenters. The Morgan fingerprint density at radius 3 is 2.87 bits per heavy atom. The van der Waals surface area contributed by atoms with Crippen molar-refractivity contribution in [2.45, 2.75) is 38.7 Å². The molecule has 1 aliphatic carbocycles. The van der Waals surface area contributed by atoms with Gasteiger partial charge in [0.25, 0.3) is 0 Å². The molecule has 1 aliphatic rings. The van der Waals surface area contributed by atoms with Gasteiger partial charge in [-0.1, -0.05) is 6.42 Å². The lowest BCUT2D eigenvalue weighted by molar-refractivity contribution is -0.142. The van der Waals surface area contributed by atoms with Crippen LogP contribution in [0.2, 0.25) is 0 Å². The van der Waals surface area contributed by atoms with Gasteiger partial charge < -0.3 is 15.5 Å². The smallest absolute Gasteiger partial charge is 0.306 e. The molecule has 3 atom stereocenters. The van der Waals surface area contributed by atoms with Crippen LogP contribution in [0.4, 0.5) is 0 Å². The molecule has 0 aromatic carbocycles. The van der Waals surface area contributed by atoms with E-state index in [4.69, 9.17) is 10.2 Å². The van der Waals surface area contributed by atoms with Crippen molar-refractivity contribution in [3.05, 3.63) is 0 Å². The second kappa shape index (κ2) is 6.08. The summed E-state index contributed by atoms with van der Waals surface area (Å²) in [6.07, 6.45) is 3.30. The van der Waals surface area contributed by atoms with Gasteiger partial charge >= 0.3 is 5.97 Å². The van der Waals surface area contributed by atoms with E-state index in [9.17, 15) is 4.79 Å². The van der Waals surface area contributed by atoms with Crippen molar-refractivity contribution in [3.63, 3.8) is 0 Å². The molecule has 1 saturated carbocycles. The van der Waals surface area contributed by atoms with Crippen molar-refractivity contribution in [1.82, 2.24) is 5.32 Å². The molecule has 88 valence electrons. The molecule has 4 heteroatoms. The first kappa shape index (κ1) is 12.5. The molecule has 3 N–H and O–H groups in total. The van der Waals surface area contributed by atoms with Crippen molar-refractivity contribution < 1.29 is 15.0 Å². The molecule has 0 aromatic rings. The number of hydrogen-bond donors (Lipinski definition) is 3.